The normalized spacial score (nSPS) is 20.1. The smallest absolute Gasteiger partial charge is 0.226 e. The molecule has 6 heteroatoms. The third-order valence-electron chi connectivity index (χ3n) is 5.55. The largest absolute Gasteiger partial charge is 0.508 e. The molecule has 1 aromatic heterocycles. The second-order valence-electron chi connectivity index (χ2n) is 8.53. The Balaban J connectivity index is 1.70. The van der Waals surface area contributed by atoms with Gasteiger partial charge in [0.05, 0.1) is 0 Å². The fraction of sp³-hybridized carbons (Fsp3) is 0.261. The van der Waals surface area contributed by atoms with Crippen LogP contribution < -0.4 is 5.32 Å². The van der Waals surface area contributed by atoms with Crippen LogP contribution >= 0.6 is 0 Å². The highest BCUT2D eigenvalue weighted by atomic mass is 16.3. The fourth-order valence-electron chi connectivity index (χ4n) is 4.32. The Morgan fingerprint density at radius 2 is 1.90 bits per heavy atom. The lowest BCUT2D eigenvalue weighted by molar-refractivity contribution is -0.118. The third-order valence-corrected chi connectivity index (χ3v) is 5.55. The summed E-state index contributed by atoms with van der Waals surface area (Å²) in [5.41, 5.74) is 3.23. The SMILES string of the molecule is CC1(C)CC(=O)C2=C(C1)Nc1nc(-c3ccccc3)nn1C2c1cccc(O)c1. The highest BCUT2D eigenvalue weighted by Gasteiger charge is 2.41. The number of benzene rings is 2. The predicted molar refractivity (Wildman–Crippen MR) is 110 cm³/mol. The number of ketones is 1. The van der Waals surface area contributed by atoms with Gasteiger partial charge in [-0.2, -0.15) is 4.98 Å². The summed E-state index contributed by atoms with van der Waals surface area (Å²) in [4.78, 5) is 17.9. The number of aromatic hydroxyl groups is 1. The van der Waals surface area contributed by atoms with Crippen LogP contribution in [-0.2, 0) is 4.79 Å². The summed E-state index contributed by atoms with van der Waals surface area (Å²) in [7, 11) is 0. The molecule has 2 aromatic carbocycles. The number of nitrogens with one attached hydrogen (secondary N) is 1. The average molecular weight is 386 g/mol. The number of rotatable bonds is 2. The number of carbonyl (C=O) groups is 1. The molecule has 3 aromatic rings. The molecule has 2 heterocycles. The quantitative estimate of drug-likeness (QED) is 0.686. The van der Waals surface area contributed by atoms with E-state index in [1.807, 2.05) is 36.4 Å². The number of aromatic nitrogens is 3. The van der Waals surface area contributed by atoms with Gasteiger partial charge in [0.15, 0.2) is 11.6 Å². The molecule has 1 aliphatic carbocycles. The van der Waals surface area contributed by atoms with Crippen LogP contribution in [0.4, 0.5) is 5.95 Å². The van der Waals surface area contributed by atoms with Gasteiger partial charge in [-0.25, -0.2) is 4.68 Å². The molecule has 6 nitrogen and oxygen atoms in total. The number of hydrogen-bond donors (Lipinski definition) is 2. The maximum Gasteiger partial charge on any atom is 0.226 e. The molecule has 0 bridgehead atoms. The van der Waals surface area contributed by atoms with Crippen LogP contribution in [0.1, 0.15) is 38.3 Å². The highest BCUT2D eigenvalue weighted by Crippen LogP contribution is 2.45. The van der Waals surface area contributed by atoms with Crippen LogP contribution in [0.25, 0.3) is 11.4 Å². The molecule has 29 heavy (non-hydrogen) atoms. The number of Topliss-reactive ketones (excluding diaryl/α,β-unsaturated/α-hetero) is 1. The lowest BCUT2D eigenvalue weighted by Crippen LogP contribution is -2.36. The first kappa shape index (κ1) is 17.7. The Labute approximate surface area is 168 Å². The van der Waals surface area contributed by atoms with Crippen molar-refractivity contribution < 1.29 is 9.90 Å². The Morgan fingerprint density at radius 3 is 2.66 bits per heavy atom. The number of phenols is 1. The standard InChI is InChI=1S/C23H22N4O2/c1-23(2)12-17-19(18(29)13-23)20(15-9-6-10-16(28)11-15)27-22(24-17)25-21(26-27)14-7-4-3-5-8-14/h3-11,20,28H,12-13H2,1-2H3,(H,24,25,26). The van der Waals surface area contributed by atoms with Crippen molar-refractivity contribution in [1.82, 2.24) is 14.8 Å². The van der Waals surface area contributed by atoms with Gasteiger partial charge in [0.1, 0.15) is 11.8 Å². The van der Waals surface area contributed by atoms with Crippen molar-refractivity contribution in [3.63, 3.8) is 0 Å². The number of phenolic OH excluding ortho intramolecular Hbond substituents is 1. The van der Waals surface area contributed by atoms with E-state index in [4.69, 9.17) is 10.1 Å². The molecule has 1 aliphatic heterocycles. The average Bonchev–Trinajstić information content (AvgIpc) is 3.09. The van der Waals surface area contributed by atoms with Gasteiger partial charge in [-0.3, -0.25) is 4.79 Å². The van der Waals surface area contributed by atoms with E-state index in [9.17, 15) is 9.90 Å². The Kier molecular flexibility index (Phi) is 3.84. The molecule has 0 radical (unpaired) electrons. The van der Waals surface area contributed by atoms with Crippen LogP contribution in [-0.4, -0.2) is 25.7 Å². The van der Waals surface area contributed by atoms with E-state index in [0.29, 0.717) is 23.8 Å². The summed E-state index contributed by atoms with van der Waals surface area (Å²) >= 11 is 0. The summed E-state index contributed by atoms with van der Waals surface area (Å²) in [5.74, 6) is 1.49. The molecule has 1 atom stereocenters. The van der Waals surface area contributed by atoms with Crippen molar-refractivity contribution in [2.45, 2.75) is 32.7 Å². The van der Waals surface area contributed by atoms with Gasteiger partial charge in [-0.05, 0) is 29.5 Å². The lowest BCUT2D eigenvalue weighted by Gasteiger charge is -2.38. The molecule has 0 spiro atoms. The number of carbonyl (C=O) groups excluding carboxylic acids is 1. The second kappa shape index (κ2) is 6.30. The zero-order valence-electron chi connectivity index (χ0n) is 16.4. The van der Waals surface area contributed by atoms with Gasteiger partial charge >= 0.3 is 0 Å². The molecule has 0 saturated heterocycles. The molecular weight excluding hydrogens is 364 g/mol. The predicted octanol–water partition coefficient (Wildman–Crippen LogP) is 4.31. The monoisotopic (exact) mass is 386 g/mol. The maximum absolute atomic E-state index is 13.2. The highest BCUT2D eigenvalue weighted by molar-refractivity contribution is 6.00. The van der Waals surface area contributed by atoms with Crippen molar-refractivity contribution >= 4 is 11.7 Å². The van der Waals surface area contributed by atoms with Crippen LogP contribution in [0, 0.1) is 5.41 Å². The topological polar surface area (TPSA) is 80.0 Å². The van der Waals surface area contributed by atoms with Crippen LogP contribution in [0.3, 0.4) is 0 Å². The van der Waals surface area contributed by atoms with Crippen LogP contribution in [0.5, 0.6) is 5.75 Å². The van der Waals surface area contributed by atoms with Gasteiger partial charge in [0, 0.05) is 23.3 Å². The van der Waals surface area contributed by atoms with E-state index in [0.717, 1.165) is 23.2 Å². The molecule has 2 aliphatic rings. The van der Waals surface area contributed by atoms with Gasteiger partial charge in [-0.1, -0.05) is 56.3 Å². The van der Waals surface area contributed by atoms with Crippen molar-refractivity contribution in [3.05, 3.63) is 71.4 Å². The Hall–Kier alpha value is -3.41. The molecular formula is C23H22N4O2. The summed E-state index contributed by atoms with van der Waals surface area (Å²) in [6.45, 7) is 4.21. The number of nitrogens with zero attached hydrogens (tertiary/aromatic N) is 3. The second-order valence-corrected chi connectivity index (χ2v) is 8.53. The summed E-state index contributed by atoms with van der Waals surface area (Å²) in [6.07, 6.45) is 1.25. The van der Waals surface area contributed by atoms with E-state index < -0.39 is 6.04 Å². The molecule has 0 saturated carbocycles. The minimum atomic E-state index is -0.415. The zero-order chi connectivity index (χ0) is 20.2. The van der Waals surface area contributed by atoms with E-state index in [2.05, 4.69) is 19.2 Å². The number of allylic oxidation sites excluding steroid dienone is 2. The number of hydrogen-bond acceptors (Lipinski definition) is 5. The van der Waals surface area contributed by atoms with Crippen molar-refractivity contribution in [3.8, 4) is 17.1 Å². The molecule has 146 valence electrons. The molecule has 1 unspecified atom stereocenters. The first-order valence-electron chi connectivity index (χ1n) is 9.75. The fourth-order valence-corrected chi connectivity index (χ4v) is 4.32. The molecule has 5 rings (SSSR count). The van der Waals surface area contributed by atoms with Gasteiger partial charge in [0.2, 0.25) is 5.95 Å². The van der Waals surface area contributed by atoms with Crippen LogP contribution in [0.15, 0.2) is 65.9 Å². The minimum Gasteiger partial charge on any atom is -0.508 e. The van der Waals surface area contributed by atoms with Crippen molar-refractivity contribution in [1.29, 1.82) is 0 Å². The lowest BCUT2D eigenvalue weighted by atomic mass is 9.73. The zero-order valence-corrected chi connectivity index (χ0v) is 16.4. The first-order chi connectivity index (χ1) is 13.9. The van der Waals surface area contributed by atoms with Crippen molar-refractivity contribution in [2.75, 3.05) is 5.32 Å². The van der Waals surface area contributed by atoms with E-state index in [1.54, 1.807) is 22.9 Å². The van der Waals surface area contributed by atoms with Crippen molar-refractivity contribution in [2.24, 2.45) is 5.41 Å². The summed E-state index contributed by atoms with van der Waals surface area (Å²) in [6, 6.07) is 16.4. The minimum absolute atomic E-state index is 0.111. The maximum atomic E-state index is 13.2. The van der Waals surface area contributed by atoms with E-state index >= 15 is 0 Å². The van der Waals surface area contributed by atoms with Gasteiger partial charge in [0.25, 0.3) is 0 Å². The number of anilines is 1. The molecule has 0 amide bonds. The molecule has 0 fully saturated rings. The van der Waals surface area contributed by atoms with Gasteiger partial charge in [-0.15, -0.1) is 5.10 Å². The Bertz CT molecular complexity index is 1140. The third kappa shape index (κ3) is 3.01. The molecule has 2 N–H and O–H groups in total. The summed E-state index contributed by atoms with van der Waals surface area (Å²) in [5, 5.41) is 18.2. The Morgan fingerprint density at radius 1 is 1.10 bits per heavy atom. The van der Waals surface area contributed by atoms with E-state index in [1.165, 1.54) is 0 Å². The van der Waals surface area contributed by atoms with Crippen LogP contribution in [0.2, 0.25) is 0 Å². The first-order valence-corrected chi connectivity index (χ1v) is 9.75. The summed E-state index contributed by atoms with van der Waals surface area (Å²) < 4.78 is 1.77. The number of fused-ring (bicyclic) bond motifs is 1. The van der Waals surface area contributed by atoms with Gasteiger partial charge < -0.3 is 10.4 Å². The van der Waals surface area contributed by atoms with E-state index in [-0.39, 0.29) is 16.9 Å².